The third kappa shape index (κ3) is 2.99. The number of phenolic OH excluding ortho intramolecular Hbond substituents is 1. The number of hydrogen-bond donors (Lipinski definition) is 4. The van der Waals surface area contributed by atoms with Gasteiger partial charge in [0.1, 0.15) is 17.2 Å². The quantitative estimate of drug-likeness (QED) is 0.330. The standard InChI is InChI=1S/C17H19N5O3/c1-8-7-12(23)5-6-13(8)18-17(21-24)15-9(2)19-20-16(15)14-10(3)22-25-11(14)4/h5-7,23-24H,1-4H3,(H,18,21)(H,19,20). The fraction of sp³-hybridized carbons (Fsp3) is 0.235. The summed E-state index contributed by atoms with van der Waals surface area (Å²) < 4.78 is 5.22. The van der Waals surface area contributed by atoms with Crippen LogP contribution < -0.4 is 5.48 Å². The zero-order valence-corrected chi connectivity index (χ0v) is 14.4. The summed E-state index contributed by atoms with van der Waals surface area (Å²) in [7, 11) is 0. The molecule has 0 bridgehead atoms. The van der Waals surface area contributed by atoms with Crippen LogP contribution in [-0.2, 0) is 0 Å². The molecular weight excluding hydrogens is 322 g/mol. The van der Waals surface area contributed by atoms with Crippen molar-refractivity contribution in [1.82, 2.24) is 20.8 Å². The minimum absolute atomic E-state index is 0.158. The maximum absolute atomic E-state index is 9.68. The van der Waals surface area contributed by atoms with Crippen molar-refractivity contribution in [2.24, 2.45) is 4.99 Å². The molecule has 130 valence electrons. The van der Waals surface area contributed by atoms with Crippen molar-refractivity contribution in [2.45, 2.75) is 27.7 Å². The topological polar surface area (TPSA) is 120 Å². The van der Waals surface area contributed by atoms with Crippen LogP contribution >= 0.6 is 0 Å². The van der Waals surface area contributed by atoms with E-state index in [1.165, 1.54) is 6.07 Å². The summed E-state index contributed by atoms with van der Waals surface area (Å²) in [5, 5.41) is 30.4. The highest BCUT2D eigenvalue weighted by Gasteiger charge is 2.23. The Morgan fingerprint density at radius 2 is 2.00 bits per heavy atom. The summed E-state index contributed by atoms with van der Waals surface area (Å²) in [5.41, 5.74) is 6.92. The van der Waals surface area contributed by atoms with Crippen molar-refractivity contribution in [1.29, 1.82) is 0 Å². The Labute approximate surface area is 144 Å². The number of aromatic hydroxyl groups is 1. The van der Waals surface area contributed by atoms with Gasteiger partial charge in [-0.05, 0) is 51.5 Å². The van der Waals surface area contributed by atoms with E-state index >= 15 is 0 Å². The summed E-state index contributed by atoms with van der Waals surface area (Å²) >= 11 is 0. The van der Waals surface area contributed by atoms with E-state index in [2.05, 4.69) is 25.8 Å². The molecule has 0 atom stereocenters. The summed E-state index contributed by atoms with van der Waals surface area (Å²) in [6, 6.07) is 4.82. The van der Waals surface area contributed by atoms with Gasteiger partial charge in [0.2, 0.25) is 0 Å². The van der Waals surface area contributed by atoms with Crippen molar-refractivity contribution < 1.29 is 14.8 Å². The molecule has 0 aliphatic rings. The molecule has 8 nitrogen and oxygen atoms in total. The van der Waals surface area contributed by atoms with Crippen LogP contribution in [0.1, 0.15) is 28.3 Å². The van der Waals surface area contributed by atoms with E-state index in [1.807, 2.05) is 20.8 Å². The van der Waals surface area contributed by atoms with Crippen LogP contribution in [0.5, 0.6) is 5.75 Å². The van der Waals surface area contributed by atoms with Gasteiger partial charge in [0.15, 0.2) is 5.84 Å². The normalized spacial score (nSPS) is 11.8. The highest BCUT2D eigenvalue weighted by Crippen LogP contribution is 2.31. The minimum atomic E-state index is 0.158. The van der Waals surface area contributed by atoms with E-state index < -0.39 is 0 Å². The monoisotopic (exact) mass is 341 g/mol. The zero-order chi connectivity index (χ0) is 18.1. The first-order chi connectivity index (χ1) is 11.9. The summed E-state index contributed by atoms with van der Waals surface area (Å²) in [5.74, 6) is 1.02. The Hall–Kier alpha value is -3.13. The first-order valence-electron chi connectivity index (χ1n) is 7.69. The molecule has 25 heavy (non-hydrogen) atoms. The number of rotatable bonds is 3. The van der Waals surface area contributed by atoms with Crippen LogP contribution in [0.25, 0.3) is 11.3 Å². The number of H-pyrrole nitrogens is 1. The van der Waals surface area contributed by atoms with Crippen LogP contribution in [0.15, 0.2) is 27.7 Å². The summed E-state index contributed by atoms with van der Waals surface area (Å²) in [4.78, 5) is 4.48. The van der Waals surface area contributed by atoms with E-state index in [0.717, 1.165) is 16.8 Å². The molecule has 0 saturated carbocycles. The Balaban J connectivity index is 2.17. The summed E-state index contributed by atoms with van der Waals surface area (Å²) in [6.07, 6.45) is 0. The number of nitrogens with one attached hydrogen (secondary N) is 2. The maximum atomic E-state index is 9.68. The second kappa shape index (κ2) is 6.40. The van der Waals surface area contributed by atoms with Gasteiger partial charge in [-0.25, -0.2) is 4.99 Å². The van der Waals surface area contributed by atoms with Gasteiger partial charge < -0.3 is 9.63 Å². The molecular formula is C17H19N5O3. The van der Waals surface area contributed by atoms with Crippen molar-refractivity contribution in [3.8, 4) is 17.0 Å². The van der Waals surface area contributed by atoms with Gasteiger partial charge in [0.25, 0.3) is 0 Å². The second-order valence-electron chi connectivity index (χ2n) is 5.81. The van der Waals surface area contributed by atoms with E-state index in [1.54, 1.807) is 19.1 Å². The first-order valence-corrected chi connectivity index (χ1v) is 7.69. The van der Waals surface area contributed by atoms with E-state index in [-0.39, 0.29) is 11.6 Å². The Morgan fingerprint density at radius 1 is 1.24 bits per heavy atom. The van der Waals surface area contributed by atoms with E-state index in [0.29, 0.717) is 28.4 Å². The van der Waals surface area contributed by atoms with E-state index in [9.17, 15) is 10.3 Å². The Kier molecular flexibility index (Phi) is 4.28. The van der Waals surface area contributed by atoms with Crippen molar-refractivity contribution in [3.63, 3.8) is 0 Å². The van der Waals surface area contributed by atoms with Crippen molar-refractivity contribution in [2.75, 3.05) is 0 Å². The Morgan fingerprint density at radius 3 is 2.60 bits per heavy atom. The fourth-order valence-corrected chi connectivity index (χ4v) is 2.74. The molecule has 1 aromatic carbocycles. The summed E-state index contributed by atoms with van der Waals surface area (Å²) in [6.45, 7) is 7.29. The zero-order valence-electron chi connectivity index (χ0n) is 14.4. The average Bonchev–Trinajstić information content (AvgIpc) is 3.09. The molecule has 4 N–H and O–H groups in total. The Bertz CT molecular complexity index is 936. The molecule has 3 rings (SSSR count). The van der Waals surface area contributed by atoms with Gasteiger partial charge in [-0.15, -0.1) is 0 Å². The van der Waals surface area contributed by atoms with Gasteiger partial charge in [0.05, 0.1) is 22.5 Å². The predicted molar refractivity (Wildman–Crippen MR) is 92.3 cm³/mol. The molecule has 0 unspecified atom stereocenters. The number of benzene rings is 1. The van der Waals surface area contributed by atoms with Gasteiger partial charge in [-0.2, -0.15) is 5.10 Å². The van der Waals surface area contributed by atoms with Crippen LogP contribution in [0.2, 0.25) is 0 Å². The number of aromatic nitrogens is 3. The molecule has 3 aromatic rings. The largest absolute Gasteiger partial charge is 0.508 e. The number of hydroxylamine groups is 1. The lowest BCUT2D eigenvalue weighted by Gasteiger charge is -2.08. The van der Waals surface area contributed by atoms with E-state index in [4.69, 9.17) is 4.52 Å². The molecule has 2 aromatic heterocycles. The maximum Gasteiger partial charge on any atom is 0.161 e. The number of aliphatic imine (C=N–C) groups is 1. The van der Waals surface area contributed by atoms with Gasteiger partial charge in [0, 0.05) is 5.69 Å². The van der Waals surface area contributed by atoms with Crippen LogP contribution in [0.4, 0.5) is 5.69 Å². The highest BCUT2D eigenvalue weighted by atomic mass is 16.5. The smallest absolute Gasteiger partial charge is 0.161 e. The third-order valence-electron chi connectivity index (χ3n) is 3.97. The van der Waals surface area contributed by atoms with Crippen LogP contribution in [-0.4, -0.2) is 31.5 Å². The lowest BCUT2D eigenvalue weighted by Crippen LogP contribution is -2.21. The van der Waals surface area contributed by atoms with Gasteiger partial charge >= 0.3 is 0 Å². The molecule has 0 aliphatic carbocycles. The van der Waals surface area contributed by atoms with Crippen LogP contribution in [0, 0.1) is 27.7 Å². The van der Waals surface area contributed by atoms with Crippen molar-refractivity contribution in [3.05, 3.63) is 46.5 Å². The number of nitrogens with zero attached hydrogens (tertiary/aromatic N) is 3. The second-order valence-corrected chi connectivity index (χ2v) is 5.81. The number of hydrogen-bond acceptors (Lipinski definition) is 6. The first kappa shape index (κ1) is 16.7. The SMILES string of the molecule is Cc1cc(O)ccc1N=C(NO)c1c(-c2c(C)noc2C)n[nH]c1C. The lowest BCUT2D eigenvalue weighted by molar-refractivity contribution is 0.235. The van der Waals surface area contributed by atoms with Gasteiger partial charge in [-0.1, -0.05) is 5.16 Å². The number of amidine groups is 1. The molecule has 8 heteroatoms. The van der Waals surface area contributed by atoms with Crippen molar-refractivity contribution >= 4 is 11.5 Å². The molecule has 0 spiro atoms. The lowest BCUT2D eigenvalue weighted by atomic mass is 10.0. The highest BCUT2D eigenvalue weighted by molar-refractivity contribution is 6.05. The fourth-order valence-electron chi connectivity index (χ4n) is 2.74. The number of aromatic amines is 1. The number of aryl methyl sites for hydroxylation is 4. The molecule has 0 aliphatic heterocycles. The predicted octanol–water partition coefficient (Wildman–Crippen LogP) is 3.06. The molecule has 2 heterocycles. The molecule has 0 saturated heterocycles. The molecule has 0 amide bonds. The third-order valence-corrected chi connectivity index (χ3v) is 3.97. The molecule has 0 radical (unpaired) electrons. The minimum Gasteiger partial charge on any atom is -0.508 e. The number of phenols is 1. The molecule has 0 fully saturated rings. The van der Waals surface area contributed by atoms with Crippen LogP contribution in [0.3, 0.4) is 0 Å². The average molecular weight is 341 g/mol. The van der Waals surface area contributed by atoms with Gasteiger partial charge in [-0.3, -0.25) is 15.8 Å².